The first-order valence-electron chi connectivity index (χ1n) is 4.22. The van der Waals surface area contributed by atoms with Crippen molar-refractivity contribution in [3.05, 3.63) is 48.6 Å². The minimum atomic E-state index is -3.00. The molecule has 0 aromatic heterocycles. The lowest BCUT2D eigenvalue weighted by atomic mass is 10.2. The number of rotatable bonds is 5. The van der Waals surface area contributed by atoms with E-state index in [2.05, 4.69) is 6.58 Å². The highest BCUT2D eigenvalue weighted by Crippen LogP contribution is 2.52. The van der Waals surface area contributed by atoms with Crippen molar-refractivity contribution in [2.75, 3.05) is 6.16 Å². The first kappa shape index (κ1) is 11.5. The van der Waals surface area contributed by atoms with E-state index in [1.165, 1.54) is 6.08 Å². The lowest BCUT2D eigenvalue weighted by Crippen LogP contribution is -1.89. The highest BCUT2D eigenvalue weighted by molar-refractivity contribution is 7.85. The largest absolute Gasteiger partial charge is 0.313 e. The van der Waals surface area contributed by atoms with Crippen LogP contribution >= 0.6 is 18.0 Å². The minimum Gasteiger partial charge on any atom is -0.313 e. The maximum Gasteiger partial charge on any atom is 0.294 e. The third-order valence-electron chi connectivity index (χ3n) is 1.61. The third kappa shape index (κ3) is 4.10. The van der Waals surface area contributed by atoms with E-state index in [1.54, 1.807) is 0 Å². The van der Waals surface area contributed by atoms with Gasteiger partial charge in [0.05, 0.1) is 12.8 Å². The first-order valence-corrected chi connectivity index (χ1v) is 6.93. The number of benzene rings is 1. The van der Waals surface area contributed by atoms with Crippen molar-refractivity contribution in [3.8, 4) is 0 Å². The molecule has 0 spiro atoms. The second kappa shape index (κ2) is 5.35. The molecule has 1 unspecified atom stereocenters. The Morgan fingerprint density at radius 3 is 2.64 bits per heavy atom. The summed E-state index contributed by atoms with van der Waals surface area (Å²) in [6.07, 6.45) is 1.69. The van der Waals surface area contributed by atoms with Crippen LogP contribution in [0.15, 0.2) is 43.0 Å². The minimum absolute atomic E-state index is 0.196. The van der Waals surface area contributed by atoms with Gasteiger partial charge in [-0.1, -0.05) is 36.4 Å². The molecule has 1 aromatic carbocycles. The van der Waals surface area contributed by atoms with Crippen LogP contribution < -0.4 is 0 Å². The van der Waals surface area contributed by atoms with Crippen LogP contribution in [-0.4, -0.2) is 6.16 Å². The van der Waals surface area contributed by atoms with Crippen LogP contribution in [0.3, 0.4) is 0 Å². The van der Waals surface area contributed by atoms with E-state index in [0.29, 0.717) is 0 Å². The molecule has 0 aliphatic heterocycles. The molecule has 0 saturated heterocycles. The molecule has 0 aliphatic carbocycles. The van der Waals surface area contributed by atoms with E-state index < -0.39 is 6.72 Å². The van der Waals surface area contributed by atoms with Gasteiger partial charge in [-0.2, -0.15) is 0 Å². The highest BCUT2D eigenvalue weighted by Gasteiger charge is 2.16. The lowest BCUT2D eigenvalue weighted by molar-refractivity contribution is 0.315. The van der Waals surface area contributed by atoms with Crippen LogP contribution in [0.25, 0.3) is 0 Å². The Labute approximate surface area is 88.8 Å². The highest BCUT2D eigenvalue weighted by atomic mass is 35.7. The van der Waals surface area contributed by atoms with Crippen LogP contribution in [0.1, 0.15) is 5.56 Å². The SMILES string of the molecule is C=CCP(=O)(Cl)OCc1ccccc1. The lowest BCUT2D eigenvalue weighted by Gasteiger charge is -2.08. The van der Waals surface area contributed by atoms with Gasteiger partial charge < -0.3 is 4.52 Å². The van der Waals surface area contributed by atoms with E-state index in [9.17, 15) is 4.57 Å². The van der Waals surface area contributed by atoms with Crippen LogP contribution in [0.2, 0.25) is 0 Å². The standard InChI is InChI=1S/C10H12ClO2P/c1-2-8-14(11,12)13-9-10-6-4-3-5-7-10/h2-7H,1,8-9H2. The molecule has 14 heavy (non-hydrogen) atoms. The monoisotopic (exact) mass is 230 g/mol. The molecule has 2 nitrogen and oxygen atoms in total. The summed E-state index contributed by atoms with van der Waals surface area (Å²) in [6, 6.07) is 9.49. The molecule has 1 rings (SSSR count). The fourth-order valence-corrected chi connectivity index (χ4v) is 2.15. The fraction of sp³-hybridized carbons (Fsp3) is 0.200. The maximum atomic E-state index is 11.5. The van der Waals surface area contributed by atoms with Crippen LogP contribution in [0.4, 0.5) is 0 Å². The summed E-state index contributed by atoms with van der Waals surface area (Å²) in [5.41, 5.74) is 0.956. The number of hydrogen-bond donors (Lipinski definition) is 0. The smallest absolute Gasteiger partial charge is 0.294 e. The molecule has 4 heteroatoms. The van der Waals surface area contributed by atoms with Gasteiger partial charge >= 0.3 is 0 Å². The van der Waals surface area contributed by atoms with E-state index in [0.717, 1.165) is 5.56 Å². The molecule has 0 N–H and O–H groups in total. The number of halogens is 1. The molecule has 0 heterocycles. The Morgan fingerprint density at radius 2 is 2.07 bits per heavy atom. The van der Waals surface area contributed by atoms with Crippen LogP contribution in [-0.2, 0) is 15.7 Å². The molecular formula is C10H12ClO2P. The van der Waals surface area contributed by atoms with E-state index >= 15 is 0 Å². The van der Waals surface area contributed by atoms with Crippen molar-refractivity contribution in [2.24, 2.45) is 0 Å². The Kier molecular flexibility index (Phi) is 4.40. The number of allylic oxidation sites excluding steroid dienone is 1. The van der Waals surface area contributed by atoms with Gasteiger partial charge in [-0.05, 0) is 16.8 Å². The van der Waals surface area contributed by atoms with Crippen molar-refractivity contribution in [2.45, 2.75) is 6.61 Å². The van der Waals surface area contributed by atoms with Crippen molar-refractivity contribution in [1.82, 2.24) is 0 Å². The van der Waals surface area contributed by atoms with Gasteiger partial charge in [0.1, 0.15) is 0 Å². The molecular weight excluding hydrogens is 219 g/mol. The third-order valence-corrected chi connectivity index (χ3v) is 3.53. The zero-order valence-corrected chi connectivity index (χ0v) is 9.38. The molecule has 0 bridgehead atoms. The summed E-state index contributed by atoms with van der Waals surface area (Å²) in [4.78, 5) is 0. The van der Waals surface area contributed by atoms with Gasteiger partial charge in [0.25, 0.3) is 6.72 Å². The fourth-order valence-electron chi connectivity index (χ4n) is 0.952. The summed E-state index contributed by atoms with van der Waals surface area (Å²) in [7, 11) is 0. The van der Waals surface area contributed by atoms with Crippen molar-refractivity contribution in [3.63, 3.8) is 0 Å². The molecule has 0 fully saturated rings. The second-order valence-electron chi connectivity index (χ2n) is 2.82. The molecule has 0 amide bonds. The Balaban J connectivity index is 2.49. The summed E-state index contributed by atoms with van der Waals surface area (Å²) >= 11 is 5.65. The van der Waals surface area contributed by atoms with E-state index in [4.69, 9.17) is 15.8 Å². The molecule has 0 aliphatic rings. The van der Waals surface area contributed by atoms with Crippen molar-refractivity contribution in [1.29, 1.82) is 0 Å². The molecule has 0 saturated carbocycles. The zero-order valence-electron chi connectivity index (χ0n) is 7.73. The molecule has 1 atom stereocenters. The number of hydrogen-bond acceptors (Lipinski definition) is 2. The summed E-state index contributed by atoms with van der Waals surface area (Å²) in [6.45, 7) is 0.734. The Morgan fingerprint density at radius 1 is 1.43 bits per heavy atom. The second-order valence-corrected chi connectivity index (χ2v) is 6.17. The van der Waals surface area contributed by atoms with E-state index in [-0.39, 0.29) is 12.8 Å². The molecule has 0 radical (unpaired) electrons. The normalized spacial score (nSPS) is 14.6. The summed E-state index contributed by atoms with van der Waals surface area (Å²) < 4.78 is 16.6. The van der Waals surface area contributed by atoms with E-state index in [1.807, 2.05) is 30.3 Å². The summed E-state index contributed by atoms with van der Waals surface area (Å²) in [5, 5.41) is 0. The zero-order chi connectivity index (χ0) is 10.4. The predicted molar refractivity (Wildman–Crippen MR) is 59.8 cm³/mol. The van der Waals surface area contributed by atoms with Crippen molar-refractivity contribution < 1.29 is 9.09 Å². The van der Waals surface area contributed by atoms with Gasteiger partial charge in [-0.3, -0.25) is 4.57 Å². The maximum absolute atomic E-state index is 11.5. The van der Waals surface area contributed by atoms with Crippen LogP contribution in [0, 0.1) is 0 Å². The van der Waals surface area contributed by atoms with Crippen LogP contribution in [0.5, 0.6) is 0 Å². The molecule has 76 valence electrons. The van der Waals surface area contributed by atoms with Gasteiger partial charge in [0.2, 0.25) is 0 Å². The Hall–Kier alpha value is -0.560. The van der Waals surface area contributed by atoms with Gasteiger partial charge in [0.15, 0.2) is 0 Å². The average molecular weight is 231 g/mol. The van der Waals surface area contributed by atoms with Gasteiger partial charge in [-0.15, -0.1) is 6.58 Å². The predicted octanol–water partition coefficient (Wildman–Crippen LogP) is 3.82. The first-order chi connectivity index (χ1) is 6.64. The Bertz CT molecular complexity index is 337. The quantitative estimate of drug-likeness (QED) is 0.568. The van der Waals surface area contributed by atoms with Crippen molar-refractivity contribution >= 4 is 18.0 Å². The molecule has 1 aromatic rings. The topological polar surface area (TPSA) is 26.3 Å². The summed E-state index contributed by atoms with van der Waals surface area (Å²) in [5.74, 6) is 0. The van der Waals surface area contributed by atoms with Gasteiger partial charge in [0, 0.05) is 0 Å². The average Bonchev–Trinajstić information content (AvgIpc) is 2.17. The van der Waals surface area contributed by atoms with Gasteiger partial charge in [-0.25, -0.2) is 0 Å².